The first-order chi connectivity index (χ1) is 7.00. The summed E-state index contributed by atoms with van der Waals surface area (Å²) in [5.41, 5.74) is 7.54. The van der Waals surface area contributed by atoms with Crippen LogP contribution in [-0.4, -0.2) is 29.8 Å². The molecule has 1 rings (SSSR count). The maximum atomic E-state index is 9.18. The third kappa shape index (κ3) is 3.40. The highest BCUT2D eigenvalue weighted by molar-refractivity contribution is 5.54. The van der Waals surface area contributed by atoms with E-state index in [2.05, 4.69) is 4.98 Å². The van der Waals surface area contributed by atoms with Crippen molar-refractivity contribution in [3.05, 3.63) is 17.8 Å². The van der Waals surface area contributed by atoms with Crippen LogP contribution in [0.2, 0.25) is 0 Å². The number of rotatable bonds is 4. The molecule has 1 atom stereocenters. The number of aliphatic hydroxyl groups is 1. The van der Waals surface area contributed by atoms with Gasteiger partial charge in [0.25, 0.3) is 0 Å². The molecule has 0 aromatic carbocycles. The first-order valence-electron chi connectivity index (χ1n) is 5.12. The lowest BCUT2D eigenvalue weighted by Crippen LogP contribution is -2.22. The molecule has 4 nitrogen and oxygen atoms in total. The zero-order chi connectivity index (χ0) is 11.4. The average Bonchev–Trinajstić information content (AvgIpc) is 2.18. The van der Waals surface area contributed by atoms with Gasteiger partial charge in [-0.2, -0.15) is 0 Å². The van der Waals surface area contributed by atoms with Gasteiger partial charge in [-0.3, -0.25) is 0 Å². The number of anilines is 2. The molecule has 0 aliphatic rings. The number of nitrogens with two attached hydrogens (primary N) is 1. The standard InChI is InChI=1S/C11H19N3O/c1-8-7-13-11(6-10(8)12)14(3)5-4-9(2)15/h6-7,9,15H,4-5H2,1-3H3,(H2,12,13). The number of pyridine rings is 1. The van der Waals surface area contributed by atoms with Crippen molar-refractivity contribution in [3.8, 4) is 0 Å². The number of nitrogens with zero attached hydrogens (tertiary/aromatic N) is 2. The SMILES string of the molecule is Cc1cnc(N(C)CCC(C)O)cc1N. The average molecular weight is 209 g/mol. The van der Waals surface area contributed by atoms with E-state index in [0.717, 1.165) is 30.0 Å². The van der Waals surface area contributed by atoms with Crippen LogP contribution in [0, 0.1) is 6.92 Å². The lowest BCUT2D eigenvalue weighted by atomic mass is 10.2. The van der Waals surface area contributed by atoms with Crippen LogP contribution in [0.4, 0.5) is 11.5 Å². The Labute approximate surface area is 90.7 Å². The molecule has 4 heteroatoms. The highest BCUT2D eigenvalue weighted by Crippen LogP contribution is 2.16. The summed E-state index contributed by atoms with van der Waals surface area (Å²) in [7, 11) is 1.94. The first kappa shape index (κ1) is 11.8. The maximum absolute atomic E-state index is 9.18. The molecule has 0 radical (unpaired) electrons. The lowest BCUT2D eigenvalue weighted by molar-refractivity contribution is 0.187. The summed E-state index contributed by atoms with van der Waals surface area (Å²) in [5, 5.41) is 9.18. The van der Waals surface area contributed by atoms with Gasteiger partial charge in [0.1, 0.15) is 5.82 Å². The predicted octanol–water partition coefficient (Wildman–Crippen LogP) is 1.18. The Bertz CT molecular complexity index is 326. The van der Waals surface area contributed by atoms with Crippen molar-refractivity contribution in [2.75, 3.05) is 24.2 Å². The summed E-state index contributed by atoms with van der Waals surface area (Å²) >= 11 is 0. The molecule has 1 heterocycles. The molecular formula is C11H19N3O. The second-order valence-corrected chi connectivity index (χ2v) is 3.96. The Hall–Kier alpha value is -1.29. The molecule has 1 aromatic heterocycles. The van der Waals surface area contributed by atoms with Crippen LogP contribution in [0.15, 0.2) is 12.3 Å². The second-order valence-electron chi connectivity index (χ2n) is 3.96. The van der Waals surface area contributed by atoms with E-state index in [1.165, 1.54) is 0 Å². The minimum Gasteiger partial charge on any atom is -0.398 e. The number of aryl methyl sites for hydroxylation is 1. The van der Waals surface area contributed by atoms with Crippen LogP contribution in [0.1, 0.15) is 18.9 Å². The van der Waals surface area contributed by atoms with Crippen molar-refractivity contribution in [1.82, 2.24) is 4.98 Å². The summed E-state index contributed by atoms with van der Waals surface area (Å²) in [5.74, 6) is 0.846. The predicted molar refractivity (Wildman–Crippen MR) is 63.0 cm³/mol. The number of hydrogen-bond acceptors (Lipinski definition) is 4. The quantitative estimate of drug-likeness (QED) is 0.781. The lowest BCUT2D eigenvalue weighted by Gasteiger charge is -2.19. The van der Waals surface area contributed by atoms with Gasteiger partial charge in [-0.05, 0) is 25.8 Å². The van der Waals surface area contributed by atoms with E-state index in [4.69, 9.17) is 5.73 Å². The third-order valence-corrected chi connectivity index (χ3v) is 2.40. The smallest absolute Gasteiger partial charge is 0.130 e. The van der Waals surface area contributed by atoms with Crippen LogP contribution >= 0.6 is 0 Å². The van der Waals surface area contributed by atoms with Gasteiger partial charge < -0.3 is 15.7 Å². The van der Waals surface area contributed by atoms with Crippen molar-refractivity contribution in [2.24, 2.45) is 0 Å². The van der Waals surface area contributed by atoms with Crippen LogP contribution in [0.25, 0.3) is 0 Å². The monoisotopic (exact) mass is 209 g/mol. The Kier molecular flexibility index (Phi) is 3.91. The molecule has 1 unspecified atom stereocenters. The van der Waals surface area contributed by atoms with Gasteiger partial charge in [0.05, 0.1) is 6.10 Å². The second kappa shape index (κ2) is 4.98. The summed E-state index contributed by atoms with van der Waals surface area (Å²) in [6.45, 7) is 4.49. The van der Waals surface area contributed by atoms with E-state index >= 15 is 0 Å². The van der Waals surface area contributed by atoms with Gasteiger partial charge in [-0.15, -0.1) is 0 Å². The van der Waals surface area contributed by atoms with E-state index in [0.29, 0.717) is 0 Å². The molecule has 0 saturated heterocycles. The molecule has 0 fully saturated rings. The van der Waals surface area contributed by atoms with Gasteiger partial charge in [0, 0.05) is 31.5 Å². The Morgan fingerprint density at radius 2 is 2.27 bits per heavy atom. The van der Waals surface area contributed by atoms with Crippen LogP contribution in [-0.2, 0) is 0 Å². The van der Waals surface area contributed by atoms with E-state index in [1.54, 1.807) is 13.1 Å². The van der Waals surface area contributed by atoms with Crippen molar-refractivity contribution in [1.29, 1.82) is 0 Å². The number of aromatic nitrogens is 1. The molecule has 0 spiro atoms. The molecule has 0 bridgehead atoms. The fourth-order valence-corrected chi connectivity index (χ4v) is 1.23. The molecule has 15 heavy (non-hydrogen) atoms. The number of nitrogen functional groups attached to an aromatic ring is 1. The number of aliphatic hydroxyl groups excluding tert-OH is 1. The minimum absolute atomic E-state index is 0.282. The molecule has 84 valence electrons. The van der Waals surface area contributed by atoms with Crippen LogP contribution in [0.5, 0.6) is 0 Å². The largest absolute Gasteiger partial charge is 0.398 e. The summed E-state index contributed by atoms with van der Waals surface area (Å²) < 4.78 is 0. The molecule has 0 amide bonds. The third-order valence-electron chi connectivity index (χ3n) is 2.40. The van der Waals surface area contributed by atoms with Crippen LogP contribution < -0.4 is 10.6 Å². The van der Waals surface area contributed by atoms with Gasteiger partial charge in [0.2, 0.25) is 0 Å². The Balaban J connectivity index is 2.65. The normalized spacial score (nSPS) is 12.5. The maximum Gasteiger partial charge on any atom is 0.130 e. The first-order valence-corrected chi connectivity index (χ1v) is 5.12. The molecular weight excluding hydrogens is 190 g/mol. The number of hydrogen-bond donors (Lipinski definition) is 2. The summed E-state index contributed by atoms with van der Waals surface area (Å²) in [4.78, 5) is 6.27. The zero-order valence-corrected chi connectivity index (χ0v) is 9.57. The van der Waals surface area contributed by atoms with Crippen molar-refractivity contribution < 1.29 is 5.11 Å². The fraction of sp³-hybridized carbons (Fsp3) is 0.545. The Morgan fingerprint density at radius 1 is 1.60 bits per heavy atom. The van der Waals surface area contributed by atoms with Crippen molar-refractivity contribution in [2.45, 2.75) is 26.4 Å². The summed E-state index contributed by atoms with van der Waals surface area (Å²) in [6, 6.07) is 1.86. The van der Waals surface area contributed by atoms with E-state index in [-0.39, 0.29) is 6.10 Å². The highest BCUT2D eigenvalue weighted by atomic mass is 16.3. The minimum atomic E-state index is -0.282. The molecule has 0 saturated carbocycles. The van der Waals surface area contributed by atoms with Gasteiger partial charge >= 0.3 is 0 Å². The van der Waals surface area contributed by atoms with E-state index in [1.807, 2.05) is 24.9 Å². The van der Waals surface area contributed by atoms with Gasteiger partial charge in [0.15, 0.2) is 0 Å². The van der Waals surface area contributed by atoms with E-state index in [9.17, 15) is 5.11 Å². The fourth-order valence-electron chi connectivity index (χ4n) is 1.23. The Morgan fingerprint density at radius 3 is 2.80 bits per heavy atom. The topological polar surface area (TPSA) is 62.4 Å². The highest BCUT2D eigenvalue weighted by Gasteiger charge is 2.05. The van der Waals surface area contributed by atoms with E-state index < -0.39 is 0 Å². The van der Waals surface area contributed by atoms with Crippen molar-refractivity contribution in [3.63, 3.8) is 0 Å². The van der Waals surface area contributed by atoms with Gasteiger partial charge in [-0.1, -0.05) is 0 Å². The van der Waals surface area contributed by atoms with Gasteiger partial charge in [-0.25, -0.2) is 4.98 Å². The van der Waals surface area contributed by atoms with Crippen LogP contribution in [0.3, 0.4) is 0 Å². The zero-order valence-electron chi connectivity index (χ0n) is 9.57. The van der Waals surface area contributed by atoms with Crippen molar-refractivity contribution >= 4 is 11.5 Å². The molecule has 0 aliphatic carbocycles. The molecule has 1 aromatic rings. The summed E-state index contributed by atoms with van der Waals surface area (Å²) in [6.07, 6.45) is 2.21. The molecule has 0 aliphatic heterocycles. The molecule has 3 N–H and O–H groups in total.